The molecule has 0 fully saturated rings. The molecule has 0 aliphatic carbocycles. The van der Waals surface area contributed by atoms with E-state index in [9.17, 15) is 0 Å². The van der Waals surface area contributed by atoms with Crippen LogP contribution in [0.5, 0.6) is 0 Å². The summed E-state index contributed by atoms with van der Waals surface area (Å²) >= 11 is 0. The van der Waals surface area contributed by atoms with Crippen LogP contribution in [0.1, 0.15) is 33.4 Å². The van der Waals surface area contributed by atoms with Crippen molar-refractivity contribution in [3.63, 3.8) is 0 Å². The second kappa shape index (κ2) is 14.9. The lowest BCUT2D eigenvalue weighted by atomic mass is 10.0. The second-order valence-corrected chi connectivity index (χ2v) is 10.9. The van der Waals surface area contributed by atoms with Gasteiger partial charge in [-0.05, 0) is 45.9 Å². The minimum Gasteiger partial charge on any atom is -0.291 e. The Morgan fingerprint density at radius 1 is 0.439 bits per heavy atom. The van der Waals surface area contributed by atoms with Gasteiger partial charge in [0.05, 0.1) is 0 Å². The summed E-state index contributed by atoms with van der Waals surface area (Å²) in [5.41, 5.74) is 9.36. The Morgan fingerprint density at radius 2 is 0.756 bits per heavy atom. The quantitative estimate of drug-likeness (QED) is 0.148. The minimum absolute atomic E-state index is 0.887. The van der Waals surface area contributed by atoms with Crippen LogP contribution < -0.4 is 0 Å². The van der Waals surface area contributed by atoms with E-state index in [0.29, 0.717) is 0 Å². The molecule has 2 heteroatoms. The zero-order valence-electron chi connectivity index (χ0n) is 24.1. The molecule has 0 aliphatic heterocycles. The van der Waals surface area contributed by atoms with E-state index in [2.05, 4.69) is 168 Å². The van der Waals surface area contributed by atoms with Crippen molar-refractivity contribution in [1.29, 1.82) is 0 Å². The minimum atomic E-state index is 0.887. The van der Waals surface area contributed by atoms with E-state index in [1.54, 1.807) is 0 Å². The van der Waals surface area contributed by atoms with Gasteiger partial charge in [0.1, 0.15) is 0 Å². The Kier molecular flexibility index (Phi) is 10.3. The second-order valence-electron chi connectivity index (χ2n) is 10.9. The highest BCUT2D eigenvalue weighted by Gasteiger charge is 2.15. The Hall–Kier alpha value is -4.24. The molecular formula is C39H40N2. The highest BCUT2D eigenvalue weighted by atomic mass is 15.1. The molecule has 0 amide bonds. The smallest absolute Gasteiger partial charge is 0.0240 e. The molecule has 2 nitrogen and oxygen atoms in total. The van der Waals surface area contributed by atoms with Crippen molar-refractivity contribution in [2.45, 2.75) is 33.1 Å². The average Bonchev–Trinajstić information content (AvgIpc) is 3.00. The van der Waals surface area contributed by atoms with Crippen LogP contribution in [0, 0.1) is 6.92 Å². The molecule has 41 heavy (non-hydrogen) atoms. The van der Waals surface area contributed by atoms with Crippen molar-refractivity contribution in [3.05, 3.63) is 185 Å². The predicted octanol–water partition coefficient (Wildman–Crippen LogP) is 8.78. The monoisotopic (exact) mass is 536 g/mol. The summed E-state index contributed by atoms with van der Waals surface area (Å²) in [6.07, 6.45) is 2.43. The van der Waals surface area contributed by atoms with Gasteiger partial charge in [-0.1, -0.05) is 152 Å². The largest absolute Gasteiger partial charge is 0.291 e. The maximum absolute atomic E-state index is 2.58. The maximum Gasteiger partial charge on any atom is 0.0240 e. The standard InChI is InChI=1S/C39H40N2/c1-33-16-14-15-25-39(33)26-38(31-40(27-34-17-6-2-7-18-34)28-35-19-8-3-9-20-35)32-41(29-36-21-10-4-11-22-36)30-37-23-12-5-13-24-37/h2-26H,27-32H2,1H3. The zero-order valence-corrected chi connectivity index (χ0v) is 24.1. The molecule has 0 bridgehead atoms. The molecule has 0 atom stereocenters. The van der Waals surface area contributed by atoms with Crippen LogP contribution >= 0.6 is 0 Å². The Bertz CT molecular complexity index is 1300. The third kappa shape index (κ3) is 9.14. The van der Waals surface area contributed by atoms with E-state index in [1.165, 1.54) is 39.0 Å². The van der Waals surface area contributed by atoms with Gasteiger partial charge in [0.15, 0.2) is 0 Å². The summed E-state index contributed by atoms with van der Waals surface area (Å²) in [6, 6.07) is 52.1. The molecule has 5 rings (SSSR count). The molecule has 0 spiro atoms. The van der Waals surface area contributed by atoms with Crippen LogP contribution in [-0.2, 0) is 26.2 Å². The summed E-state index contributed by atoms with van der Waals surface area (Å²) < 4.78 is 0. The normalized spacial score (nSPS) is 11.1. The van der Waals surface area contributed by atoms with Crippen LogP contribution in [-0.4, -0.2) is 22.9 Å². The first-order valence-electron chi connectivity index (χ1n) is 14.6. The molecule has 0 aliphatic rings. The zero-order chi connectivity index (χ0) is 28.1. The van der Waals surface area contributed by atoms with Gasteiger partial charge < -0.3 is 0 Å². The van der Waals surface area contributed by atoms with Gasteiger partial charge in [-0.25, -0.2) is 0 Å². The third-order valence-electron chi connectivity index (χ3n) is 7.40. The van der Waals surface area contributed by atoms with E-state index in [0.717, 1.165) is 39.3 Å². The van der Waals surface area contributed by atoms with Crippen LogP contribution in [0.2, 0.25) is 0 Å². The van der Waals surface area contributed by atoms with E-state index in [4.69, 9.17) is 0 Å². The first kappa shape index (κ1) is 28.3. The SMILES string of the molecule is Cc1ccccc1C=C(CN(Cc1ccccc1)Cc1ccccc1)CN(Cc1ccccc1)Cc1ccccc1. The van der Waals surface area contributed by atoms with Gasteiger partial charge in [0, 0.05) is 39.3 Å². The molecule has 0 saturated carbocycles. The topological polar surface area (TPSA) is 6.48 Å². The summed E-state index contributed by atoms with van der Waals surface area (Å²) in [7, 11) is 0. The van der Waals surface area contributed by atoms with E-state index in [-0.39, 0.29) is 0 Å². The molecule has 0 unspecified atom stereocenters. The van der Waals surface area contributed by atoms with Gasteiger partial charge in [0.25, 0.3) is 0 Å². The third-order valence-corrected chi connectivity index (χ3v) is 7.40. The highest BCUT2D eigenvalue weighted by molar-refractivity contribution is 5.57. The maximum atomic E-state index is 2.58. The first-order chi connectivity index (χ1) is 20.2. The fourth-order valence-electron chi connectivity index (χ4n) is 5.39. The average molecular weight is 537 g/mol. The molecule has 0 aromatic heterocycles. The Morgan fingerprint density at radius 3 is 1.10 bits per heavy atom. The fourth-order valence-corrected chi connectivity index (χ4v) is 5.39. The fraction of sp³-hybridized carbons (Fsp3) is 0.179. The lowest BCUT2D eigenvalue weighted by Crippen LogP contribution is -2.31. The Balaban J connectivity index is 1.47. The molecule has 0 heterocycles. The molecule has 0 radical (unpaired) electrons. The van der Waals surface area contributed by atoms with Crippen molar-refractivity contribution in [3.8, 4) is 0 Å². The van der Waals surface area contributed by atoms with Crippen LogP contribution in [0.25, 0.3) is 6.08 Å². The van der Waals surface area contributed by atoms with Crippen molar-refractivity contribution < 1.29 is 0 Å². The highest BCUT2D eigenvalue weighted by Crippen LogP contribution is 2.20. The van der Waals surface area contributed by atoms with E-state index in [1.807, 2.05) is 0 Å². The van der Waals surface area contributed by atoms with Gasteiger partial charge in [0.2, 0.25) is 0 Å². The van der Waals surface area contributed by atoms with Gasteiger partial charge in [-0.15, -0.1) is 0 Å². The molecule has 0 saturated heterocycles. The number of hydrogen-bond acceptors (Lipinski definition) is 2. The van der Waals surface area contributed by atoms with Crippen LogP contribution in [0.15, 0.2) is 151 Å². The number of rotatable bonds is 13. The van der Waals surface area contributed by atoms with Gasteiger partial charge in [-0.3, -0.25) is 9.80 Å². The molecule has 5 aromatic rings. The molecule has 5 aromatic carbocycles. The Labute approximate surface area is 246 Å². The molecule has 206 valence electrons. The number of benzene rings is 5. The number of nitrogens with zero attached hydrogens (tertiary/aromatic N) is 2. The number of hydrogen-bond donors (Lipinski definition) is 0. The predicted molar refractivity (Wildman–Crippen MR) is 173 cm³/mol. The molecular weight excluding hydrogens is 496 g/mol. The summed E-state index contributed by atoms with van der Waals surface area (Å²) in [5.74, 6) is 0. The van der Waals surface area contributed by atoms with Crippen LogP contribution in [0.4, 0.5) is 0 Å². The van der Waals surface area contributed by atoms with Crippen molar-refractivity contribution in [2.24, 2.45) is 0 Å². The summed E-state index contributed by atoms with van der Waals surface area (Å²) in [5, 5.41) is 0. The molecule has 0 N–H and O–H groups in total. The lowest BCUT2D eigenvalue weighted by Gasteiger charge is -2.29. The van der Waals surface area contributed by atoms with Crippen molar-refractivity contribution >= 4 is 6.08 Å². The lowest BCUT2D eigenvalue weighted by molar-refractivity contribution is 0.245. The van der Waals surface area contributed by atoms with E-state index >= 15 is 0 Å². The van der Waals surface area contributed by atoms with Crippen LogP contribution in [0.3, 0.4) is 0 Å². The van der Waals surface area contributed by atoms with Crippen molar-refractivity contribution in [2.75, 3.05) is 13.1 Å². The van der Waals surface area contributed by atoms with E-state index < -0.39 is 0 Å². The van der Waals surface area contributed by atoms with Crippen molar-refractivity contribution in [1.82, 2.24) is 9.80 Å². The summed E-state index contributed by atoms with van der Waals surface area (Å²) in [4.78, 5) is 5.16. The van der Waals surface area contributed by atoms with Gasteiger partial charge >= 0.3 is 0 Å². The first-order valence-corrected chi connectivity index (χ1v) is 14.6. The summed E-state index contributed by atoms with van der Waals surface area (Å²) in [6.45, 7) is 7.59. The van der Waals surface area contributed by atoms with Gasteiger partial charge in [-0.2, -0.15) is 0 Å². The number of aryl methyl sites for hydroxylation is 1.